The molecule has 2 aromatic rings. The van der Waals surface area contributed by atoms with Gasteiger partial charge in [-0.3, -0.25) is 0 Å². The first kappa shape index (κ1) is 16.3. The van der Waals surface area contributed by atoms with Crippen LogP contribution in [-0.4, -0.2) is 25.7 Å². The molecule has 0 saturated heterocycles. The molecule has 1 atom stereocenters. The van der Waals surface area contributed by atoms with Crippen LogP contribution in [0.2, 0.25) is 0 Å². The number of rotatable bonds is 2. The molecule has 2 aliphatic heterocycles. The highest BCUT2D eigenvalue weighted by molar-refractivity contribution is 5.64. The van der Waals surface area contributed by atoms with Crippen molar-refractivity contribution in [2.24, 2.45) is 0 Å². The van der Waals surface area contributed by atoms with E-state index in [-0.39, 0.29) is 11.9 Å². The molecule has 4 rings (SSSR count). The van der Waals surface area contributed by atoms with Gasteiger partial charge in [0.15, 0.2) is 0 Å². The second-order valence-corrected chi connectivity index (χ2v) is 6.86. The van der Waals surface area contributed by atoms with E-state index in [1.165, 1.54) is 23.3 Å². The summed E-state index contributed by atoms with van der Waals surface area (Å²) in [4.78, 5) is 2.12. The molecular formula is C20H22F2N2O. The second kappa shape index (κ2) is 6.64. The van der Waals surface area contributed by atoms with Crippen LogP contribution in [0.5, 0.6) is 5.75 Å². The van der Waals surface area contributed by atoms with Gasteiger partial charge in [-0.15, -0.1) is 0 Å². The minimum Gasteiger partial charge on any atom is -0.489 e. The number of benzene rings is 2. The average Bonchev–Trinajstić information content (AvgIpc) is 2.83. The zero-order chi connectivity index (χ0) is 17.4. The summed E-state index contributed by atoms with van der Waals surface area (Å²) < 4.78 is 33.6. The molecule has 0 bridgehead atoms. The van der Waals surface area contributed by atoms with Crippen molar-refractivity contribution in [3.05, 3.63) is 58.7 Å². The lowest BCUT2D eigenvalue weighted by Crippen LogP contribution is -2.40. The summed E-state index contributed by atoms with van der Waals surface area (Å²) >= 11 is 0. The first-order valence-corrected chi connectivity index (χ1v) is 8.81. The monoisotopic (exact) mass is 344 g/mol. The number of anilines is 1. The Balaban J connectivity index is 1.72. The summed E-state index contributed by atoms with van der Waals surface area (Å²) in [6, 6.07) is 8.02. The SMILES string of the molecule is C[C@@H]1COc2cc3c(cc2N1Cc1cc(F)ccc1F)CCNCC3. The lowest BCUT2D eigenvalue weighted by molar-refractivity contribution is 0.268. The molecule has 2 heterocycles. The predicted molar refractivity (Wildman–Crippen MR) is 94.2 cm³/mol. The highest BCUT2D eigenvalue weighted by Gasteiger charge is 2.27. The molecule has 0 saturated carbocycles. The van der Waals surface area contributed by atoms with Crippen LogP contribution >= 0.6 is 0 Å². The summed E-state index contributed by atoms with van der Waals surface area (Å²) in [5.74, 6) is 0.0571. The molecule has 132 valence electrons. The van der Waals surface area contributed by atoms with Crippen molar-refractivity contribution in [3.8, 4) is 5.75 Å². The maximum Gasteiger partial charge on any atom is 0.143 e. The van der Waals surface area contributed by atoms with Crippen LogP contribution in [0.4, 0.5) is 14.5 Å². The largest absolute Gasteiger partial charge is 0.489 e. The third-order valence-corrected chi connectivity index (χ3v) is 5.09. The van der Waals surface area contributed by atoms with Gasteiger partial charge in [-0.05, 0) is 74.3 Å². The van der Waals surface area contributed by atoms with E-state index in [9.17, 15) is 8.78 Å². The van der Waals surface area contributed by atoms with Gasteiger partial charge in [-0.1, -0.05) is 0 Å². The quantitative estimate of drug-likeness (QED) is 0.903. The molecule has 0 unspecified atom stereocenters. The number of ether oxygens (including phenoxy) is 1. The molecule has 2 aromatic carbocycles. The highest BCUT2D eigenvalue weighted by atomic mass is 19.1. The fraction of sp³-hybridized carbons (Fsp3) is 0.400. The van der Waals surface area contributed by atoms with Crippen LogP contribution in [0.25, 0.3) is 0 Å². The summed E-state index contributed by atoms with van der Waals surface area (Å²) in [5, 5.41) is 3.41. The Hall–Kier alpha value is -2.14. The summed E-state index contributed by atoms with van der Waals surface area (Å²) in [6.07, 6.45) is 1.96. The maximum absolute atomic E-state index is 14.1. The summed E-state index contributed by atoms with van der Waals surface area (Å²) in [5.41, 5.74) is 3.97. The van der Waals surface area contributed by atoms with Crippen LogP contribution in [0, 0.1) is 11.6 Å². The van der Waals surface area contributed by atoms with Gasteiger partial charge in [0.2, 0.25) is 0 Å². The normalized spacial score (nSPS) is 19.6. The Kier molecular flexibility index (Phi) is 4.34. The van der Waals surface area contributed by atoms with Gasteiger partial charge >= 0.3 is 0 Å². The van der Waals surface area contributed by atoms with Gasteiger partial charge in [0.1, 0.15) is 24.0 Å². The molecule has 0 radical (unpaired) electrons. The minimum atomic E-state index is -0.412. The maximum atomic E-state index is 14.1. The Bertz CT molecular complexity index is 794. The molecule has 3 nitrogen and oxygen atoms in total. The van der Waals surface area contributed by atoms with Crippen LogP contribution in [0.15, 0.2) is 30.3 Å². The standard InChI is InChI=1S/C20H22F2N2O/c1-13-12-25-20-10-15-5-7-23-6-4-14(15)9-19(20)24(13)11-16-8-17(21)2-3-18(16)22/h2-3,8-10,13,23H,4-7,11-12H2,1H3/t13-/m1/s1. The van der Waals surface area contributed by atoms with E-state index < -0.39 is 5.82 Å². The Labute approximate surface area is 146 Å². The Morgan fingerprint density at radius 2 is 1.88 bits per heavy atom. The Morgan fingerprint density at radius 3 is 2.68 bits per heavy atom. The van der Waals surface area contributed by atoms with Crippen molar-refractivity contribution < 1.29 is 13.5 Å². The molecule has 2 aliphatic rings. The van der Waals surface area contributed by atoms with Crippen molar-refractivity contribution in [1.82, 2.24) is 5.32 Å². The lowest BCUT2D eigenvalue weighted by atomic mass is 9.99. The lowest BCUT2D eigenvalue weighted by Gasteiger charge is -2.37. The van der Waals surface area contributed by atoms with Crippen molar-refractivity contribution in [1.29, 1.82) is 0 Å². The predicted octanol–water partition coefficient (Wildman–Crippen LogP) is 3.44. The van der Waals surface area contributed by atoms with E-state index in [1.54, 1.807) is 0 Å². The van der Waals surface area contributed by atoms with Gasteiger partial charge in [-0.2, -0.15) is 0 Å². The zero-order valence-corrected chi connectivity index (χ0v) is 14.3. The number of hydrogen-bond donors (Lipinski definition) is 1. The number of halogens is 2. The smallest absolute Gasteiger partial charge is 0.143 e. The molecule has 0 aliphatic carbocycles. The number of nitrogens with one attached hydrogen (secondary N) is 1. The fourth-order valence-electron chi connectivity index (χ4n) is 3.66. The number of nitrogens with zero attached hydrogens (tertiary/aromatic N) is 1. The molecule has 5 heteroatoms. The fourth-order valence-corrected chi connectivity index (χ4v) is 3.66. The molecule has 1 N–H and O–H groups in total. The molecule has 0 amide bonds. The second-order valence-electron chi connectivity index (χ2n) is 6.86. The summed E-state index contributed by atoms with van der Waals surface area (Å²) in [6.45, 7) is 4.85. The van der Waals surface area contributed by atoms with Crippen LogP contribution in [0.3, 0.4) is 0 Å². The van der Waals surface area contributed by atoms with Gasteiger partial charge in [0.25, 0.3) is 0 Å². The molecule has 0 fully saturated rings. The third kappa shape index (κ3) is 3.21. The summed E-state index contributed by atoms with van der Waals surface area (Å²) in [7, 11) is 0. The minimum absolute atomic E-state index is 0.0946. The van der Waals surface area contributed by atoms with Gasteiger partial charge in [-0.25, -0.2) is 8.78 Å². The van der Waals surface area contributed by atoms with E-state index in [2.05, 4.69) is 22.3 Å². The number of hydrogen-bond acceptors (Lipinski definition) is 3. The van der Waals surface area contributed by atoms with Crippen molar-refractivity contribution >= 4 is 5.69 Å². The van der Waals surface area contributed by atoms with Gasteiger partial charge in [0.05, 0.1) is 11.7 Å². The third-order valence-electron chi connectivity index (χ3n) is 5.09. The van der Waals surface area contributed by atoms with Crippen molar-refractivity contribution in [3.63, 3.8) is 0 Å². The molecular weight excluding hydrogens is 322 g/mol. The average molecular weight is 344 g/mol. The van der Waals surface area contributed by atoms with Crippen molar-refractivity contribution in [2.45, 2.75) is 32.4 Å². The van der Waals surface area contributed by atoms with Gasteiger partial charge < -0.3 is 15.0 Å². The van der Waals surface area contributed by atoms with E-state index in [1.807, 2.05) is 6.92 Å². The van der Waals surface area contributed by atoms with E-state index in [0.717, 1.165) is 43.4 Å². The topological polar surface area (TPSA) is 24.5 Å². The first-order chi connectivity index (χ1) is 12.1. The van der Waals surface area contributed by atoms with E-state index in [4.69, 9.17) is 4.74 Å². The highest BCUT2D eigenvalue weighted by Crippen LogP contribution is 2.38. The zero-order valence-electron chi connectivity index (χ0n) is 14.3. The van der Waals surface area contributed by atoms with Crippen molar-refractivity contribution in [2.75, 3.05) is 24.6 Å². The number of fused-ring (bicyclic) bond motifs is 2. The Morgan fingerprint density at radius 1 is 1.12 bits per heavy atom. The van der Waals surface area contributed by atoms with E-state index in [0.29, 0.717) is 18.7 Å². The van der Waals surface area contributed by atoms with E-state index >= 15 is 0 Å². The van der Waals surface area contributed by atoms with Crippen LogP contribution in [0.1, 0.15) is 23.6 Å². The van der Waals surface area contributed by atoms with Gasteiger partial charge in [0, 0.05) is 12.1 Å². The first-order valence-electron chi connectivity index (χ1n) is 8.81. The van der Waals surface area contributed by atoms with Crippen LogP contribution in [-0.2, 0) is 19.4 Å². The molecule has 0 spiro atoms. The molecule has 0 aromatic heterocycles. The van der Waals surface area contributed by atoms with Crippen LogP contribution < -0.4 is 15.0 Å². The molecule has 25 heavy (non-hydrogen) atoms.